The Hall–Kier alpha value is -3.12. The summed E-state index contributed by atoms with van der Waals surface area (Å²) in [6, 6.07) is 14.9. The maximum Gasteiger partial charge on any atom is 0.411 e. The smallest absolute Gasteiger partial charge is 0.411 e. The van der Waals surface area contributed by atoms with Crippen LogP contribution in [0.1, 0.15) is 27.9 Å². The maximum absolute atomic E-state index is 12.8. The van der Waals surface area contributed by atoms with E-state index in [2.05, 4.69) is 0 Å². The normalized spacial score (nSPS) is 20.6. The molecule has 0 aliphatic carbocycles. The van der Waals surface area contributed by atoms with Crippen molar-refractivity contribution in [2.75, 3.05) is 20.3 Å². The van der Waals surface area contributed by atoms with E-state index in [1.165, 1.54) is 0 Å². The van der Waals surface area contributed by atoms with Gasteiger partial charge in [0.25, 0.3) is 0 Å². The number of aldehydes is 1. The molecule has 29 heavy (non-hydrogen) atoms. The summed E-state index contributed by atoms with van der Waals surface area (Å²) in [6.45, 7) is 1.14. The third kappa shape index (κ3) is 4.03. The first-order chi connectivity index (χ1) is 14.2. The highest BCUT2D eigenvalue weighted by Crippen LogP contribution is 2.34. The quantitative estimate of drug-likeness (QED) is 0.725. The Morgan fingerprint density at radius 1 is 1.21 bits per heavy atom. The molecule has 6 heteroatoms. The molecular weight excluding hydrogens is 370 g/mol. The van der Waals surface area contributed by atoms with E-state index in [9.17, 15) is 9.59 Å². The standard InChI is InChI=1S/C23H23NO5/c1-27-22-8-7-17(9-19(22)12-25)18-10-20-14-28-15-21(11-18)24(20)23(26)29-13-16-5-3-2-4-6-16/h2-10,12,20-21H,11,13-15H2,1H3. The van der Waals surface area contributed by atoms with Gasteiger partial charge in [0.15, 0.2) is 6.29 Å². The van der Waals surface area contributed by atoms with E-state index >= 15 is 0 Å². The number of carbonyl (C=O) groups excluding carboxylic acids is 2. The summed E-state index contributed by atoms with van der Waals surface area (Å²) in [7, 11) is 1.54. The van der Waals surface area contributed by atoms with E-state index in [1.807, 2.05) is 48.5 Å². The SMILES string of the molecule is COc1ccc(C2=CC3COCC(C2)N3C(=O)OCc2ccccc2)cc1C=O. The van der Waals surface area contributed by atoms with Crippen LogP contribution >= 0.6 is 0 Å². The van der Waals surface area contributed by atoms with E-state index in [1.54, 1.807) is 18.1 Å². The lowest BCUT2D eigenvalue weighted by molar-refractivity contribution is -0.0342. The Kier molecular flexibility index (Phi) is 5.62. The van der Waals surface area contributed by atoms with Gasteiger partial charge in [0.1, 0.15) is 12.4 Å². The van der Waals surface area contributed by atoms with Crippen molar-refractivity contribution < 1.29 is 23.8 Å². The van der Waals surface area contributed by atoms with Crippen LogP contribution in [0.4, 0.5) is 4.79 Å². The molecule has 0 saturated carbocycles. The number of nitrogens with zero attached hydrogens (tertiary/aromatic N) is 1. The van der Waals surface area contributed by atoms with Gasteiger partial charge in [-0.25, -0.2) is 4.79 Å². The average molecular weight is 393 g/mol. The molecule has 2 bridgehead atoms. The minimum atomic E-state index is -0.328. The molecule has 2 aromatic rings. The third-order valence-electron chi connectivity index (χ3n) is 5.34. The van der Waals surface area contributed by atoms with Crippen LogP contribution in [-0.4, -0.2) is 49.7 Å². The molecule has 6 nitrogen and oxygen atoms in total. The maximum atomic E-state index is 12.8. The van der Waals surface area contributed by atoms with Crippen molar-refractivity contribution in [2.45, 2.75) is 25.1 Å². The molecule has 150 valence electrons. The second-order valence-corrected chi connectivity index (χ2v) is 7.18. The highest BCUT2D eigenvalue weighted by molar-refractivity contribution is 5.83. The Balaban J connectivity index is 1.52. The van der Waals surface area contributed by atoms with Gasteiger partial charge < -0.3 is 14.2 Å². The summed E-state index contributed by atoms with van der Waals surface area (Å²) in [4.78, 5) is 25.9. The van der Waals surface area contributed by atoms with E-state index in [0.717, 1.165) is 23.0 Å². The lowest BCUT2D eigenvalue weighted by Gasteiger charge is -2.43. The number of carbonyl (C=O) groups is 2. The number of benzene rings is 2. The summed E-state index contributed by atoms with van der Waals surface area (Å²) in [5.74, 6) is 0.551. The summed E-state index contributed by atoms with van der Waals surface area (Å²) in [5.41, 5.74) is 3.52. The number of ether oxygens (including phenoxy) is 3. The minimum Gasteiger partial charge on any atom is -0.496 e. The molecule has 2 heterocycles. The van der Waals surface area contributed by atoms with Gasteiger partial charge in [0, 0.05) is 0 Å². The van der Waals surface area contributed by atoms with Crippen molar-refractivity contribution in [3.63, 3.8) is 0 Å². The summed E-state index contributed by atoms with van der Waals surface area (Å²) in [6.07, 6.45) is 3.14. The van der Waals surface area contributed by atoms with Crippen LogP contribution in [-0.2, 0) is 16.1 Å². The minimum absolute atomic E-state index is 0.0983. The fourth-order valence-electron chi connectivity index (χ4n) is 3.91. The topological polar surface area (TPSA) is 65.1 Å². The first-order valence-corrected chi connectivity index (χ1v) is 9.60. The number of morpholine rings is 1. The van der Waals surface area contributed by atoms with Crippen molar-refractivity contribution in [3.05, 3.63) is 71.3 Å². The van der Waals surface area contributed by atoms with Crippen molar-refractivity contribution in [1.82, 2.24) is 4.90 Å². The van der Waals surface area contributed by atoms with Crippen LogP contribution in [0.5, 0.6) is 5.75 Å². The predicted octanol–water partition coefficient (Wildman–Crippen LogP) is 3.70. The van der Waals surface area contributed by atoms with E-state index in [0.29, 0.717) is 30.9 Å². The zero-order valence-corrected chi connectivity index (χ0v) is 16.2. The van der Waals surface area contributed by atoms with E-state index in [-0.39, 0.29) is 24.8 Å². The highest BCUT2D eigenvalue weighted by atomic mass is 16.6. The van der Waals surface area contributed by atoms with Crippen molar-refractivity contribution in [2.24, 2.45) is 0 Å². The van der Waals surface area contributed by atoms with Gasteiger partial charge in [-0.15, -0.1) is 0 Å². The number of hydrogen-bond acceptors (Lipinski definition) is 5. The van der Waals surface area contributed by atoms with Crippen LogP contribution in [0.15, 0.2) is 54.6 Å². The van der Waals surface area contributed by atoms with Crippen LogP contribution in [0, 0.1) is 0 Å². The average Bonchev–Trinajstić information content (AvgIpc) is 2.76. The van der Waals surface area contributed by atoms with Crippen LogP contribution in [0.2, 0.25) is 0 Å². The molecule has 0 aromatic heterocycles. The van der Waals surface area contributed by atoms with Crippen LogP contribution in [0.25, 0.3) is 5.57 Å². The molecule has 2 aliphatic rings. The first-order valence-electron chi connectivity index (χ1n) is 9.60. The molecule has 1 fully saturated rings. The van der Waals surface area contributed by atoms with Gasteiger partial charge >= 0.3 is 6.09 Å². The monoisotopic (exact) mass is 393 g/mol. The summed E-state index contributed by atoms with van der Waals surface area (Å²) in [5, 5.41) is 0. The van der Waals surface area contributed by atoms with Gasteiger partial charge in [0.2, 0.25) is 0 Å². The third-order valence-corrected chi connectivity index (χ3v) is 5.34. The van der Waals surface area contributed by atoms with Crippen LogP contribution in [0.3, 0.4) is 0 Å². The number of fused-ring (bicyclic) bond motifs is 2. The van der Waals surface area contributed by atoms with Crippen LogP contribution < -0.4 is 4.74 Å². The second-order valence-electron chi connectivity index (χ2n) is 7.18. The largest absolute Gasteiger partial charge is 0.496 e. The number of rotatable bonds is 5. The molecule has 0 spiro atoms. The molecule has 2 atom stereocenters. The molecular formula is C23H23NO5. The van der Waals surface area contributed by atoms with Gasteiger partial charge in [-0.2, -0.15) is 0 Å². The zero-order chi connectivity index (χ0) is 20.2. The number of hydrogen-bond donors (Lipinski definition) is 0. The van der Waals surface area contributed by atoms with Gasteiger partial charge in [-0.1, -0.05) is 42.5 Å². The molecule has 2 unspecified atom stereocenters. The molecule has 2 aliphatic heterocycles. The van der Waals surface area contributed by atoms with Crippen molar-refractivity contribution in [1.29, 1.82) is 0 Å². The molecule has 1 saturated heterocycles. The fourth-order valence-corrected chi connectivity index (χ4v) is 3.91. The number of methoxy groups -OCH3 is 1. The highest BCUT2D eigenvalue weighted by Gasteiger charge is 2.39. The summed E-state index contributed by atoms with van der Waals surface area (Å²) >= 11 is 0. The predicted molar refractivity (Wildman–Crippen MR) is 108 cm³/mol. The lowest BCUT2D eigenvalue weighted by atomic mass is 9.89. The lowest BCUT2D eigenvalue weighted by Crippen LogP contribution is -2.56. The molecule has 1 amide bonds. The first kappa shape index (κ1) is 19.2. The van der Waals surface area contributed by atoms with Gasteiger partial charge in [0.05, 0.1) is 38.0 Å². The molecule has 2 aromatic carbocycles. The van der Waals surface area contributed by atoms with Crippen molar-refractivity contribution in [3.8, 4) is 5.75 Å². The Labute approximate surface area is 169 Å². The Bertz CT molecular complexity index is 924. The van der Waals surface area contributed by atoms with E-state index < -0.39 is 0 Å². The van der Waals surface area contributed by atoms with Gasteiger partial charge in [-0.05, 0) is 35.3 Å². The second kappa shape index (κ2) is 8.49. The zero-order valence-electron chi connectivity index (χ0n) is 16.2. The Morgan fingerprint density at radius 3 is 2.76 bits per heavy atom. The fraction of sp³-hybridized carbons (Fsp3) is 0.304. The molecule has 0 N–H and O–H groups in total. The van der Waals surface area contributed by atoms with Crippen molar-refractivity contribution >= 4 is 18.0 Å². The number of amides is 1. The molecule has 4 rings (SSSR count). The summed E-state index contributed by atoms with van der Waals surface area (Å²) < 4.78 is 16.5. The Morgan fingerprint density at radius 2 is 2.03 bits per heavy atom. The molecule has 0 radical (unpaired) electrons. The van der Waals surface area contributed by atoms with E-state index in [4.69, 9.17) is 14.2 Å². The van der Waals surface area contributed by atoms with Gasteiger partial charge in [-0.3, -0.25) is 9.69 Å².